The van der Waals surface area contributed by atoms with E-state index in [9.17, 15) is 4.79 Å². The number of unbranched alkanes of at least 4 members (excludes halogenated alkanes) is 3. The molecule has 3 rings (SSSR count). The van der Waals surface area contributed by atoms with Crippen molar-refractivity contribution in [1.29, 1.82) is 0 Å². The van der Waals surface area contributed by atoms with Crippen LogP contribution in [0, 0.1) is 0 Å². The van der Waals surface area contributed by atoms with E-state index >= 15 is 0 Å². The van der Waals surface area contributed by atoms with Crippen molar-refractivity contribution < 1.29 is 19.0 Å². The monoisotopic (exact) mass is 406 g/mol. The minimum absolute atomic E-state index is 0. The molecule has 7 heteroatoms. The van der Waals surface area contributed by atoms with Crippen LogP contribution in [0.2, 0.25) is 0 Å². The van der Waals surface area contributed by atoms with E-state index in [2.05, 4.69) is 5.32 Å². The lowest BCUT2D eigenvalue weighted by Gasteiger charge is -2.10. The van der Waals surface area contributed by atoms with Gasteiger partial charge in [0.1, 0.15) is 12.4 Å². The van der Waals surface area contributed by atoms with Crippen molar-refractivity contribution in [2.45, 2.75) is 38.7 Å². The van der Waals surface area contributed by atoms with Crippen molar-refractivity contribution in [3.63, 3.8) is 0 Å². The molecule has 0 bridgehead atoms. The zero-order valence-electron chi connectivity index (χ0n) is 15.8. The predicted octanol–water partition coefficient (Wildman–Crippen LogP) is 4.26. The van der Waals surface area contributed by atoms with Crippen molar-refractivity contribution in [2.75, 3.05) is 18.7 Å². The maximum Gasteiger partial charge on any atom is 0.231 e. The fourth-order valence-corrected chi connectivity index (χ4v) is 2.88. The second kappa shape index (κ2) is 11.4. The highest BCUT2D eigenvalue weighted by Gasteiger charge is 2.13. The van der Waals surface area contributed by atoms with E-state index in [1.165, 1.54) is 0 Å². The Bertz CT molecular complexity index is 770. The second-order valence-electron chi connectivity index (χ2n) is 6.51. The number of ether oxygens (including phenoxy) is 3. The van der Waals surface area contributed by atoms with Gasteiger partial charge in [-0.3, -0.25) is 4.79 Å². The summed E-state index contributed by atoms with van der Waals surface area (Å²) in [5, 5.41) is 2.95. The van der Waals surface area contributed by atoms with E-state index in [0.29, 0.717) is 31.1 Å². The van der Waals surface area contributed by atoms with Gasteiger partial charge >= 0.3 is 0 Å². The molecule has 152 valence electrons. The molecule has 0 radical (unpaired) electrons. The minimum Gasteiger partial charge on any atom is -0.489 e. The molecule has 0 atom stereocenters. The number of nitrogens with two attached hydrogens (primary N) is 1. The molecule has 0 saturated carbocycles. The first kappa shape index (κ1) is 21.9. The maximum absolute atomic E-state index is 12.1. The predicted molar refractivity (Wildman–Crippen MR) is 111 cm³/mol. The molecule has 0 spiro atoms. The Morgan fingerprint density at radius 2 is 1.86 bits per heavy atom. The van der Waals surface area contributed by atoms with E-state index in [1.807, 2.05) is 42.5 Å². The summed E-state index contributed by atoms with van der Waals surface area (Å²) in [5.74, 6) is 2.18. The second-order valence-corrected chi connectivity index (χ2v) is 6.51. The number of carbonyl (C=O) groups excluding carboxylic acids is 1. The number of anilines is 1. The van der Waals surface area contributed by atoms with E-state index in [4.69, 9.17) is 19.9 Å². The Kier molecular flexibility index (Phi) is 8.91. The molecule has 2 aromatic rings. The largest absolute Gasteiger partial charge is 0.489 e. The third-order valence-corrected chi connectivity index (χ3v) is 4.32. The molecule has 0 fully saturated rings. The van der Waals surface area contributed by atoms with Crippen LogP contribution < -0.4 is 25.3 Å². The van der Waals surface area contributed by atoms with Gasteiger partial charge in [-0.05, 0) is 49.2 Å². The van der Waals surface area contributed by atoms with Crippen LogP contribution in [0.15, 0.2) is 42.5 Å². The fraction of sp³-hybridized carbons (Fsp3) is 0.381. The molecular formula is C21H27ClN2O4. The fourth-order valence-electron chi connectivity index (χ4n) is 2.88. The first-order chi connectivity index (χ1) is 13.2. The number of hydrogen-bond donors (Lipinski definition) is 2. The smallest absolute Gasteiger partial charge is 0.231 e. The van der Waals surface area contributed by atoms with Gasteiger partial charge in [0.05, 0.1) is 0 Å². The number of rotatable bonds is 10. The Balaban J connectivity index is 0.00000280. The summed E-state index contributed by atoms with van der Waals surface area (Å²) in [5.41, 5.74) is 7.24. The summed E-state index contributed by atoms with van der Waals surface area (Å²) >= 11 is 0. The van der Waals surface area contributed by atoms with Crippen molar-refractivity contribution in [3.05, 3.63) is 48.0 Å². The molecule has 1 aliphatic heterocycles. The zero-order chi connectivity index (χ0) is 18.9. The van der Waals surface area contributed by atoms with Crippen LogP contribution in [0.3, 0.4) is 0 Å². The highest BCUT2D eigenvalue weighted by molar-refractivity contribution is 5.90. The third-order valence-electron chi connectivity index (χ3n) is 4.32. The molecule has 0 saturated heterocycles. The van der Waals surface area contributed by atoms with Crippen LogP contribution >= 0.6 is 12.4 Å². The summed E-state index contributed by atoms with van der Waals surface area (Å²) in [4.78, 5) is 12.1. The standard InChI is InChI=1S/C21H26N2O4.ClH/c22-11-4-2-1-3-8-21(24)23-17-7-5-6-16(12-17)14-25-18-9-10-19-20(13-18)27-15-26-19;/h5-7,9-10,12-13H,1-4,8,11,14-15,22H2,(H,23,24);1H. The quantitative estimate of drug-likeness (QED) is 0.576. The topological polar surface area (TPSA) is 82.8 Å². The van der Waals surface area contributed by atoms with Gasteiger partial charge in [-0.25, -0.2) is 0 Å². The molecule has 6 nitrogen and oxygen atoms in total. The summed E-state index contributed by atoms with van der Waals surface area (Å²) < 4.78 is 16.5. The van der Waals surface area contributed by atoms with Crippen LogP contribution in [0.4, 0.5) is 5.69 Å². The van der Waals surface area contributed by atoms with Gasteiger partial charge in [0.2, 0.25) is 12.7 Å². The normalized spacial score (nSPS) is 11.6. The van der Waals surface area contributed by atoms with Gasteiger partial charge in [0.15, 0.2) is 11.5 Å². The van der Waals surface area contributed by atoms with Crippen LogP contribution in [0.5, 0.6) is 17.2 Å². The van der Waals surface area contributed by atoms with Gasteiger partial charge in [0.25, 0.3) is 0 Å². The van der Waals surface area contributed by atoms with Gasteiger partial charge in [-0.15, -0.1) is 12.4 Å². The minimum atomic E-state index is 0. The van der Waals surface area contributed by atoms with Gasteiger partial charge in [0, 0.05) is 18.2 Å². The number of benzene rings is 2. The summed E-state index contributed by atoms with van der Waals surface area (Å²) in [6, 6.07) is 13.2. The number of halogens is 1. The highest BCUT2D eigenvalue weighted by atomic mass is 35.5. The molecular weight excluding hydrogens is 380 g/mol. The van der Waals surface area contributed by atoms with Crippen LogP contribution in [0.1, 0.15) is 37.7 Å². The van der Waals surface area contributed by atoms with Crippen LogP contribution in [-0.2, 0) is 11.4 Å². The maximum atomic E-state index is 12.1. The van der Waals surface area contributed by atoms with E-state index in [1.54, 1.807) is 0 Å². The molecule has 0 unspecified atom stereocenters. The molecule has 1 aliphatic rings. The van der Waals surface area contributed by atoms with Gasteiger partial charge in [-0.2, -0.15) is 0 Å². The SMILES string of the molecule is Cl.NCCCCCCC(=O)Nc1cccc(COc2ccc3c(c2)OCO3)c1. The summed E-state index contributed by atoms with van der Waals surface area (Å²) in [7, 11) is 0. The number of nitrogens with one attached hydrogen (secondary N) is 1. The molecule has 0 aliphatic carbocycles. The van der Waals surface area contributed by atoms with E-state index in [-0.39, 0.29) is 25.1 Å². The first-order valence-corrected chi connectivity index (χ1v) is 9.36. The van der Waals surface area contributed by atoms with Crippen molar-refractivity contribution in [2.24, 2.45) is 5.73 Å². The molecule has 1 amide bonds. The summed E-state index contributed by atoms with van der Waals surface area (Å²) in [6.45, 7) is 1.36. The Labute approximate surface area is 171 Å². The molecule has 1 heterocycles. The average Bonchev–Trinajstić information content (AvgIpc) is 3.14. The molecule has 2 aromatic carbocycles. The Morgan fingerprint density at radius 3 is 2.71 bits per heavy atom. The number of carbonyl (C=O) groups is 1. The lowest BCUT2D eigenvalue weighted by atomic mass is 10.1. The highest BCUT2D eigenvalue weighted by Crippen LogP contribution is 2.35. The number of amides is 1. The van der Waals surface area contributed by atoms with Crippen molar-refractivity contribution in [1.82, 2.24) is 0 Å². The van der Waals surface area contributed by atoms with Crippen molar-refractivity contribution in [3.8, 4) is 17.2 Å². The summed E-state index contributed by atoms with van der Waals surface area (Å²) in [6.07, 6.45) is 4.55. The van der Waals surface area contributed by atoms with Gasteiger partial charge in [-0.1, -0.05) is 25.0 Å². The Hall–Kier alpha value is -2.44. The average molecular weight is 407 g/mol. The van der Waals surface area contributed by atoms with E-state index < -0.39 is 0 Å². The first-order valence-electron chi connectivity index (χ1n) is 9.36. The zero-order valence-corrected chi connectivity index (χ0v) is 16.6. The lowest BCUT2D eigenvalue weighted by Crippen LogP contribution is -2.11. The number of fused-ring (bicyclic) bond motifs is 1. The molecule has 0 aromatic heterocycles. The lowest BCUT2D eigenvalue weighted by molar-refractivity contribution is -0.116. The van der Waals surface area contributed by atoms with Gasteiger partial charge < -0.3 is 25.3 Å². The Morgan fingerprint density at radius 1 is 1.04 bits per heavy atom. The third kappa shape index (κ3) is 6.62. The van der Waals surface area contributed by atoms with Crippen LogP contribution in [0.25, 0.3) is 0 Å². The van der Waals surface area contributed by atoms with Crippen LogP contribution in [-0.4, -0.2) is 19.2 Å². The molecule has 28 heavy (non-hydrogen) atoms. The number of hydrogen-bond acceptors (Lipinski definition) is 5. The van der Waals surface area contributed by atoms with Crippen molar-refractivity contribution >= 4 is 24.0 Å². The molecule has 3 N–H and O–H groups in total. The van der Waals surface area contributed by atoms with E-state index in [0.717, 1.165) is 42.7 Å².